The Bertz CT molecular complexity index is 731. The van der Waals surface area contributed by atoms with Crippen LogP contribution in [0.15, 0.2) is 10.5 Å². The Kier molecular flexibility index (Phi) is 3.00. The van der Waals surface area contributed by atoms with Crippen LogP contribution in [0.1, 0.15) is 34.3 Å². The average Bonchev–Trinajstić information content (AvgIpc) is 3.06. The molecule has 1 saturated heterocycles. The Morgan fingerprint density at radius 3 is 2.82 bits per heavy atom. The fraction of sp³-hybridized carbons (Fsp3) is 0.400. The molecule has 0 saturated carbocycles. The number of rotatable bonds is 1. The van der Waals surface area contributed by atoms with E-state index in [4.69, 9.17) is 4.74 Å². The molecule has 3 aliphatic rings. The largest absolute Gasteiger partial charge is 0.493 e. The van der Waals surface area contributed by atoms with Gasteiger partial charge >= 0.3 is 0 Å². The standard InChI is InChI=1S/C15H13BrN2O4/c16-10-5-8-9(13-7(10)3-4-22-13)6-18(15(8)21)11-1-2-12(19)17-14(11)20/h5,11H,1-4,6H2,(H,17,19,20). The van der Waals surface area contributed by atoms with Crippen molar-refractivity contribution in [2.24, 2.45) is 0 Å². The zero-order chi connectivity index (χ0) is 15.4. The fourth-order valence-corrected chi connectivity index (χ4v) is 3.96. The fourth-order valence-electron chi connectivity index (χ4n) is 3.35. The zero-order valence-corrected chi connectivity index (χ0v) is 13.2. The number of carbonyl (C=O) groups is 3. The lowest BCUT2D eigenvalue weighted by molar-refractivity contribution is -0.136. The Morgan fingerprint density at radius 2 is 2.05 bits per heavy atom. The molecule has 0 aromatic heterocycles. The lowest BCUT2D eigenvalue weighted by Crippen LogP contribution is -2.52. The summed E-state index contributed by atoms with van der Waals surface area (Å²) in [5, 5.41) is 2.31. The minimum absolute atomic E-state index is 0.177. The molecule has 1 fully saturated rings. The molecule has 1 atom stereocenters. The summed E-state index contributed by atoms with van der Waals surface area (Å²) in [6.45, 7) is 0.965. The van der Waals surface area contributed by atoms with Gasteiger partial charge in [-0.05, 0) is 12.5 Å². The zero-order valence-electron chi connectivity index (χ0n) is 11.6. The summed E-state index contributed by atoms with van der Waals surface area (Å²) in [5.74, 6) is -0.0811. The molecule has 1 unspecified atom stereocenters. The van der Waals surface area contributed by atoms with Crippen LogP contribution < -0.4 is 10.1 Å². The van der Waals surface area contributed by atoms with Crippen LogP contribution in [0.3, 0.4) is 0 Å². The maximum absolute atomic E-state index is 12.7. The number of hydrogen-bond donors (Lipinski definition) is 1. The van der Waals surface area contributed by atoms with Crippen LogP contribution in [0.5, 0.6) is 5.75 Å². The minimum Gasteiger partial charge on any atom is -0.493 e. The van der Waals surface area contributed by atoms with Crippen molar-refractivity contribution in [2.45, 2.75) is 31.8 Å². The molecular weight excluding hydrogens is 352 g/mol. The van der Waals surface area contributed by atoms with Gasteiger partial charge in [-0.2, -0.15) is 0 Å². The Labute approximate surface area is 134 Å². The number of halogens is 1. The van der Waals surface area contributed by atoms with Crippen LogP contribution in [0.4, 0.5) is 0 Å². The van der Waals surface area contributed by atoms with Gasteiger partial charge in [0.15, 0.2) is 0 Å². The molecule has 3 amide bonds. The highest BCUT2D eigenvalue weighted by atomic mass is 79.9. The highest BCUT2D eigenvalue weighted by Crippen LogP contribution is 2.42. The summed E-state index contributed by atoms with van der Waals surface area (Å²) in [6.07, 6.45) is 1.44. The molecule has 114 valence electrons. The minimum atomic E-state index is -0.589. The van der Waals surface area contributed by atoms with Gasteiger partial charge in [0.25, 0.3) is 5.91 Å². The molecule has 3 heterocycles. The van der Waals surface area contributed by atoms with Crippen molar-refractivity contribution in [1.82, 2.24) is 10.2 Å². The van der Waals surface area contributed by atoms with E-state index in [2.05, 4.69) is 21.2 Å². The Morgan fingerprint density at radius 1 is 1.23 bits per heavy atom. The summed E-state index contributed by atoms with van der Waals surface area (Å²) in [6, 6.07) is 1.23. The predicted molar refractivity (Wildman–Crippen MR) is 79.4 cm³/mol. The topological polar surface area (TPSA) is 75.7 Å². The lowest BCUT2D eigenvalue weighted by atomic mass is 10.0. The Balaban J connectivity index is 1.71. The van der Waals surface area contributed by atoms with Gasteiger partial charge in [-0.3, -0.25) is 19.7 Å². The van der Waals surface area contributed by atoms with Gasteiger partial charge < -0.3 is 9.64 Å². The maximum Gasteiger partial charge on any atom is 0.255 e. The second kappa shape index (κ2) is 4.81. The van der Waals surface area contributed by atoms with Crippen molar-refractivity contribution in [3.05, 3.63) is 27.2 Å². The number of nitrogens with one attached hydrogen (secondary N) is 1. The van der Waals surface area contributed by atoms with Crippen LogP contribution >= 0.6 is 15.9 Å². The van der Waals surface area contributed by atoms with Crippen molar-refractivity contribution in [3.63, 3.8) is 0 Å². The van der Waals surface area contributed by atoms with Crippen LogP contribution in [-0.2, 0) is 22.6 Å². The number of nitrogens with zero attached hydrogens (tertiary/aromatic N) is 1. The SMILES string of the molecule is O=C1CCC(N2Cc3c(cc(Br)c4c3OCC4)C2=O)C(=O)N1. The van der Waals surface area contributed by atoms with Crippen molar-refractivity contribution >= 4 is 33.7 Å². The first-order valence-corrected chi connectivity index (χ1v) is 7.97. The number of imide groups is 1. The third kappa shape index (κ3) is 1.88. The van der Waals surface area contributed by atoms with Crippen molar-refractivity contribution < 1.29 is 19.1 Å². The molecule has 7 heteroatoms. The van der Waals surface area contributed by atoms with Crippen molar-refractivity contribution in [2.75, 3.05) is 6.61 Å². The molecule has 22 heavy (non-hydrogen) atoms. The molecule has 4 rings (SSSR count). The van der Waals surface area contributed by atoms with E-state index in [1.54, 1.807) is 4.90 Å². The lowest BCUT2D eigenvalue weighted by Gasteiger charge is -2.29. The van der Waals surface area contributed by atoms with E-state index in [-0.39, 0.29) is 18.2 Å². The molecule has 1 aromatic rings. The van der Waals surface area contributed by atoms with Crippen molar-refractivity contribution in [3.8, 4) is 5.75 Å². The first-order chi connectivity index (χ1) is 10.6. The van der Waals surface area contributed by atoms with Gasteiger partial charge in [0, 0.05) is 34.0 Å². The predicted octanol–water partition coefficient (Wildman–Crippen LogP) is 1.15. The number of hydrogen-bond acceptors (Lipinski definition) is 4. The quantitative estimate of drug-likeness (QED) is 0.758. The van der Waals surface area contributed by atoms with E-state index >= 15 is 0 Å². The van der Waals surface area contributed by atoms with Gasteiger partial charge in [0.1, 0.15) is 11.8 Å². The summed E-state index contributed by atoms with van der Waals surface area (Å²) >= 11 is 3.49. The molecule has 6 nitrogen and oxygen atoms in total. The van der Waals surface area contributed by atoms with Gasteiger partial charge in [0.2, 0.25) is 11.8 Å². The number of piperidine rings is 1. The molecular formula is C15H13BrN2O4. The van der Waals surface area contributed by atoms with Crippen LogP contribution in [0.2, 0.25) is 0 Å². The summed E-state index contributed by atoms with van der Waals surface area (Å²) in [7, 11) is 0. The summed E-state index contributed by atoms with van der Waals surface area (Å²) in [5.41, 5.74) is 2.51. The van der Waals surface area contributed by atoms with Crippen LogP contribution in [-0.4, -0.2) is 35.3 Å². The number of amides is 3. The second-order valence-corrected chi connectivity index (χ2v) is 6.54. The van der Waals surface area contributed by atoms with E-state index in [9.17, 15) is 14.4 Å². The number of carbonyl (C=O) groups excluding carboxylic acids is 3. The van der Waals surface area contributed by atoms with Gasteiger partial charge in [-0.25, -0.2) is 0 Å². The van der Waals surface area contributed by atoms with Gasteiger partial charge in [-0.1, -0.05) is 15.9 Å². The molecule has 0 bridgehead atoms. The highest BCUT2D eigenvalue weighted by Gasteiger charge is 2.41. The Hall–Kier alpha value is -1.89. The van der Waals surface area contributed by atoms with E-state index in [0.29, 0.717) is 25.1 Å². The maximum atomic E-state index is 12.7. The smallest absolute Gasteiger partial charge is 0.255 e. The summed E-state index contributed by atoms with van der Waals surface area (Å²) in [4.78, 5) is 37.5. The van der Waals surface area contributed by atoms with Crippen molar-refractivity contribution in [1.29, 1.82) is 0 Å². The molecule has 3 aliphatic heterocycles. The molecule has 1 aromatic carbocycles. The van der Waals surface area contributed by atoms with E-state index in [0.717, 1.165) is 27.8 Å². The van der Waals surface area contributed by atoms with Gasteiger partial charge in [-0.15, -0.1) is 0 Å². The highest BCUT2D eigenvalue weighted by molar-refractivity contribution is 9.10. The van der Waals surface area contributed by atoms with Gasteiger partial charge in [0.05, 0.1) is 13.2 Å². The van der Waals surface area contributed by atoms with E-state index in [1.165, 1.54) is 0 Å². The average molecular weight is 365 g/mol. The molecule has 0 radical (unpaired) electrons. The molecule has 0 spiro atoms. The third-order valence-corrected chi connectivity index (χ3v) is 5.14. The third-order valence-electron chi connectivity index (χ3n) is 4.44. The molecule has 0 aliphatic carbocycles. The van der Waals surface area contributed by atoms with Crippen LogP contribution in [0.25, 0.3) is 0 Å². The normalized spacial score (nSPS) is 23.2. The van der Waals surface area contributed by atoms with Crippen LogP contribution in [0, 0.1) is 0 Å². The number of fused-ring (bicyclic) bond motifs is 3. The first-order valence-electron chi connectivity index (χ1n) is 7.18. The molecule has 1 N–H and O–H groups in total. The number of ether oxygens (including phenoxy) is 1. The first kappa shape index (κ1) is 13.8. The number of benzene rings is 1. The summed E-state index contributed by atoms with van der Waals surface area (Å²) < 4.78 is 6.56. The monoisotopic (exact) mass is 364 g/mol. The van der Waals surface area contributed by atoms with E-state index in [1.807, 2.05) is 6.07 Å². The van der Waals surface area contributed by atoms with E-state index < -0.39 is 11.9 Å². The second-order valence-electron chi connectivity index (χ2n) is 5.69.